The zero-order chi connectivity index (χ0) is 23.9. The Kier molecular flexibility index (Phi) is 5.95. The lowest BCUT2D eigenvalue weighted by atomic mass is 10.2. The summed E-state index contributed by atoms with van der Waals surface area (Å²) in [6.07, 6.45) is 3.48. The number of alkyl halides is 2. The van der Waals surface area contributed by atoms with E-state index in [1.54, 1.807) is 32.2 Å². The summed E-state index contributed by atoms with van der Waals surface area (Å²) in [6, 6.07) is 3.26. The zero-order valence-electron chi connectivity index (χ0n) is 18.5. The molecule has 4 aromatic heterocycles. The van der Waals surface area contributed by atoms with Crippen LogP contribution in [0.5, 0.6) is 0 Å². The van der Waals surface area contributed by atoms with Crippen molar-refractivity contribution in [2.24, 2.45) is 0 Å². The molecule has 0 N–H and O–H groups in total. The number of hydrogen-bond acceptors (Lipinski definition) is 7. The summed E-state index contributed by atoms with van der Waals surface area (Å²) in [5.41, 5.74) is 2.72. The molecule has 0 amide bonds. The van der Waals surface area contributed by atoms with Crippen molar-refractivity contribution in [2.45, 2.75) is 51.8 Å². The Labute approximate surface area is 189 Å². The van der Waals surface area contributed by atoms with Crippen LogP contribution in [-0.2, 0) is 16.4 Å². The molecular formula is C21H23F2N7O2S. The van der Waals surface area contributed by atoms with Crippen LogP contribution >= 0.6 is 0 Å². The topological polar surface area (TPSA) is 108 Å². The molecular weight excluding hydrogens is 452 g/mol. The molecule has 0 atom stereocenters. The molecule has 0 aliphatic carbocycles. The first kappa shape index (κ1) is 22.9. The summed E-state index contributed by atoms with van der Waals surface area (Å²) in [6.45, 7) is 6.80. The monoisotopic (exact) mass is 475 g/mol. The molecule has 0 bridgehead atoms. The number of fused-ring (bicyclic) bond motifs is 1. The number of nitrogens with zero attached hydrogens (tertiary/aromatic N) is 7. The van der Waals surface area contributed by atoms with Gasteiger partial charge in [0, 0.05) is 24.4 Å². The largest absolute Gasteiger partial charge is 0.321 e. The third-order valence-electron chi connectivity index (χ3n) is 5.12. The van der Waals surface area contributed by atoms with Gasteiger partial charge in [0.25, 0.3) is 16.4 Å². The highest BCUT2D eigenvalue weighted by molar-refractivity contribution is 7.90. The SMILES string of the molecule is CC(C)n1c(C(F)F)nc2cnc(Cc3ccnc(-c4cnn(S(=O)(=O)C(C)C)c4)n3)cc21. The van der Waals surface area contributed by atoms with E-state index in [-0.39, 0.29) is 11.9 Å². The van der Waals surface area contributed by atoms with E-state index in [2.05, 4.69) is 25.0 Å². The van der Waals surface area contributed by atoms with Crippen molar-refractivity contribution in [1.29, 1.82) is 0 Å². The molecule has 0 unspecified atom stereocenters. The highest BCUT2D eigenvalue weighted by Gasteiger charge is 2.22. The molecule has 0 aliphatic rings. The maximum Gasteiger partial charge on any atom is 0.295 e. The lowest BCUT2D eigenvalue weighted by Crippen LogP contribution is -2.22. The normalized spacial score (nSPS) is 12.5. The second kappa shape index (κ2) is 8.58. The number of hydrogen-bond donors (Lipinski definition) is 0. The van der Waals surface area contributed by atoms with Gasteiger partial charge >= 0.3 is 0 Å². The maximum absolute atomic E-state index is 13.4. The minimum atomic E-state index is -3.58. The van der Waals surface area contributed by atoms with E-state index in [0.717, 1.165) is 4.09 Å². The molecule has 33 heavy (non-hydrogen) atoms. The van der Waals surface area contributed by atoms with Gasteiger partial charge in [-0.2, -0.15) is 9.19 Å². The summed E-state index contributed by atoms with van der Waals surface area (Å²) in [7, 11) is -3.58. The fourth-order valence-electron chi connectivity index (χ4n) is 3.45. The molecule has 0 radical (unpaired) electrons. The van der Waals surface area contributed by atoms with Crippen molar-refractivity contribution in [2.75, 3.05) is 0 Å². The van der Waals surface area contributed by atoms with E-state index in [4.69, 9.17) is 0 Å². The van der Waals surface area contributed by atoms with Crippen molar-refractivity contribution in [3.05, 3.63) is 54.1 Å². The minimum absolute atomic E-state index is 0.196. The Morgan fingerprint density at radius 2 is 1.79 bits per heavy atom. The Balaban J connectivity index is 1.65. The number of imidazole rings is 1. The van der Waals surface area contributed by atoms with Crippen LogP contribution < -0.4 is 0 Å². The predicted octanol–water partition coefficient (Wildman–Crippen LogP) is 3.78. The first-order valence-electron chi connectivity index (χ1n) is 10.3. The van der Waals surface area contributed by atoms with Crippen LogP contribution in [0.2, 0.25) is 0 Å². The smallest absolute Gasteiger partial charge is 0.295 e. The third kappa shape index (κ3) is 4.34. The van der Waals surface area contributed by atoms with Crippen LogP contribution in [0.3, 0.4) is 0 Å². The van der Waals surface area contributed by atoms with E-state index in [9.17, 15) is 17.2 Å². The molecule has 9 nitrogen and oxygen atoms in total. The van der Waals surface area contributed by atoms with Crippen molar-refractivity contribution < 1.29 is 17.2 Å². The van der Waals surface area contributed by atoms with Gasteiger partial charge in [-0.3, -0.25) is 4.98 Å². The number of pyridine rings is 1. The molecule has 0 aromatic carbocycles. The molecule has 0 aliphatic heterocycles. The molecule has 0 saturated carbocycles. The molecule has 4 rings (SSSR count). The first-order valence-corrected chi connectivity index (χ1v) is 11.8. The van der Waals surface area contributed by atoms with E-state index in [0.29, 0.717) is 40.2 Å². The van der Waals surface area contributed by atoms with E-state index in [1.807, 2.05) is 13.8 Å². The second-order valence-electron chi connectivity index (χ2n) is 8.14. The van der Waals surface area contributed by atoms with Crippen LogP contribution in [0.1, 0.15) is 57.4 Å². The fourth-order valence-corrected chi connectivity index (χ4v) is 4.32. The molecule has 4 aromatic rings. The molecule has 4 heterocycles. The maximum atomic E-state index is 13.4. The zero-order valence-corrected chi connectivity index (χ0v) is 19.3. The molecule has 174 valence electrons. The van der Waals surface area contributed by atoms with Gasteiger partial charge in [0.1, 0.15) is 5.52 Å². The standard InChI is InChI=1S/C21H23F2N7O2S/c1-12(2)30-18-8-16(25-10-17(18)28-21(30)19(22)23)7-15-5-6-24-20(27-15)14-9-26-29(11-14)33(31,32)13(3)4/h5-6,8-13,19H,7H2,1-4H3. The van der Waals surface area contributed by atoms with Crippen LogP contribution in [-0.4, -0.2) is 47.4 Å². The van der Waals surface area contributed by atoms with Gasteiger partial charge in [0.15, 0.2) is 11.6 Å². The molecule has 12 heteroatoms. The Morgan fingerprint density at radius 1 is 1.03 bits per heavy atom. The van der Waals surface area contributed by atoms with Crippen molar-refractivity contribution >= 4 is 21.1 Å². The molecule has 0 spiro atoms. The summed E-state index contributed by atoms with van der Waals surface area (Å²) >= 11 is 0. The highest BCUT2D eigenvalue weighted by atomic mass is 32.2. The van der Waals surface area contributed by atoms with Crippen molar-refractivity contribution in [1.82, 2.24) is 33.7 Å². The van der Waals surface area contributed by atoms with Crippen molar-refractivity contribution in [3.8, 4) is 11.4 Å². The quantitative estimate of drug-likeness (QED) is 0.400. The summed E-state index contributed by atoms with van der Waals surface area (Å²) in [5, 5.41) is 3.32. The van der Waals surface area contributed by atoms with Crippen LogP contribution in [0.4, 0.5) is 8.78 Å². The van der Waals surface area contributed by atoms with Gasteiger partial charge in [-0.25, -0.2) is 32.2 Å². The van der Waals surface area contributed by atoms with Gasteiger partial charge in [0.2, 0.25) is 0 Å². The summed E-state index contributed by atoms with van der Waals surface area (Å²) < 4.78 is 53.9. The third-order valence-corrected chi connectivity index (χ3v) is 7.03. The predicted molar refractivity (Wildman–Crippen MR) is 118 cm³/mol. The van der Waals surface area contributed by atoms with Crippen LogP contribution in [0.25, 0.3) is 22.4 Å². The van der Waals surface area contributed by atoms with Gasteiger partial charge < -0.3 is 4.57 Å². The number of rotatable bonds is 7. The van der Waals surface area contributed by atoms with Crippen LogP contribution in [0.15, 0.2) is 36.9 Å². The Hall–Kier alpha value is -3.28. The Bertz CT molecular complexity index is 1410. The average Bonchev–Trinajstić information content (AvgIpc) is 3.39. The number of halogens is 2. The fraction of sp³-hybridized carbons (Fsp3) is 0.381. The van der Waals surface area contributed by atoms with Gasteiger partial charge in [-0.05, 0) is 39.8 Å². The summed E-state index contributed by atoms with van der Waals surface area (Å²) in [5.74, 6) is 0.0441. The van der Waals surface area contributed by atoms with Gasteiger partial charge in [-0.15, -0.1) is 0 Å². The van der Waals surface area contributed by atoms with E-state index < -0.39 is 21.7 Å². The minimum Gasteiger partial charge on any atom is -0.321 e. The molecule has 0 fully saturated rings. The molecule has 0 saturated heterocycles. The lowest BCUT2D eigenvalue weighted by Gasteiger charge is -2.12. The second-order valence-corrected chi connectivity index (χ2v) is 10.5. The van der Waals surface area contributed by atoms with E-state index >= 15 is 0 Å². The van der Waals surface area contributed by atoms with Crippen molar-refractivity contribution in [3.63, 3.8) is 0 Å². The van der Waals surface area contributed by atoms with Crippen LogP contribution in [0, 0.1) is 0 Å². The van der Waals surface area contributed by atoms with Gasteiger partial charge in [0.05, 0.1) is 40.6 Å². The summed E-state index contributed by atoms with van der Waals surface area (Å²) in [4.78, 5) is 17.1. The number of aromatic nitrogens is 7. The van der Waals surface area contributed by atoms with Gasteiger partial charge in [-0.1, -0.05) is 0 Å². The Morgan fingerprint density at radius 3 is 2.45 bits per heavy atom. The van der Waals surface area contributed by atoms with E-state index in [1.165, 1.54) is 23.2 Å². The lowest BCUT2D eigenvalue weighted by molar-refractivity contribution is 0.134. The highest BCUT2D eigenvalue weighted by Crippen LogP contribution is 2.28. The average molecular weight is 476 g/mol. The first-order chi connectivity index (χ1) is 15.6.